The van der Waals surface area contributed by atoms with E-state index in [9.17, 15) is 13.2 Å². The van der Waals surface area contributed by atoms with Crippen LogP contribution in [-0.4, -0.2) is 42.3 Å². The quantitative estimate of drug-likeness (QED) is 0.563. The van der Waals surface area contributed by atoms with Gasteiger partial charge in [-0.05, 0) is 43.3 Å². The highest BCUT2D eigenvalue weighted by Gasteiger charge is 2.20. The number of benzene rings is 2. The number of halogens is 2. The Balaban J connectivity index is 1.81. The first-order valence-corrected chi connectivity index (χ1v) is 11.5. The Hall–Kier alpha value is -2.13. The van der Waals surface area contributed by atoms with E-state index in [-0.39, 0.29) is 17.2 Å². The van der Waals surface area contributed by atoms with Crippen LogP contribution in [0.3, 0.4) is 0 Å². The van der Waals surface area contributed by atoms with E-state index in [0.717, 1.165) is 9.82 Å². The number of amides is 1. The first-order chi connectivity index (χ1) is 14.1. The van der Waals surface area contributed by atoms with Crippen LogP contribution in [0.5, 0.6) is 0 Å². The van der Waals surface area contributed by atoms with Crippen LogP contribution in [0, 0.1) is 0 Å². The minimum Gasteiger partial charge on any atom is -0.328 e. The summed E-state index contributed by atoms with van der Waals surface area (Å²) in [7, 11) is -0.574. The Kier molecular flexibility index (Phi) is 6.71. The topological polar surface area (TPSA) is 84.3 Å². The average Bonchev–Trinajstić information content (AvgIpc) is 3.05. The largest absolute Gasteiger partial charge is 0.328 e. The number of aryl methyl sites for hydroxylation is 2. The minimum absolute atomic E-state index is 0.183. The lowest BCUT2D eigenvalue weighted by molar-refractivity contribution is -0.116. The normalized spacial score (nSPS) is 11.9. The van der Waals surface area contributed by atoms with E-state index in [1.54, 1.807) is 36.4 Å². The van der Waals surface area contributed by atoms with Crippen molar-refractivity contribution in [3.63, 3.8) is 0 Å². The molecule has 0 unspecified atom stereocenters. The fraction of sp³-hybridized carbons (Fsp3) is 0.300. The number of nitrogens with one attached hydrogen (secondary N) is 1. The van der Waals surface area contributed by atoms with Gasteiger partial charge in [0, 0.05) is 38.5 Å². The number of hydrogen-bond donors (Lipinski definition) is 1. The Morgan fingerprint density at radius 1 is 1.17 bits per heavy atom. The molecular weight excluding hydrogens is 447 g/mol. The molecule has 30 heavy (non-hydrogen) atoms. The maximum Gasteiger partial charge on any atom is 0.242 e. The summed E-state index contributed by atoms with van der Waals surface area (Å²) in [6, 6.07) is 9.75. The summed E-state index contributed by atoms with van der Waals surface area (Å²) in [5.74, 6) is 0.508. The number of rotatable bonds is 7. The molecule has 2 aromatic carbocycles. The van der Waals surface area contributed by atoms with Crippen LogP contribution >= 0.6 is 23.2 Å². The van der Waals surface area contributed by atoms with E-state index in [2.05, 4.69) is 10.3 Å². The molecule has 3 rings (SSSR count). The van der Waals surface area contributed by atoms with Crippen molar-refractivity contribution in [2.24, 2.45) is 0 Å². The van der Waals surface area contributed by atoms with Crippen molar-refractivity contribution in [3.05, 3.63) is 52.3 Å². The van der Waals surface area contributed by atoms with E-state index >= 15 is 0 Å². The third kappa shape index (κ3) is 4.62. The minimum atomic E-state index is -3.55. The molecule has 1 heterocycles. The summed E-state index contributed by atoms with van der Waals surface area (Å²) in [6.45, 7) is 2.62. The number of imidazole rings is 1. The molecule has 3 aromatic rings. The van der Waals surface area contributed by atoms with Gasteiger partial charge in [-0.3, -0.25) is 4.79 Å². The van der Waals surface area contributed by atoms with Crippen molar-refractivity contribution in [3.8, 4) is 0 Å². The van der Waals surface area contributed by atoms with E-state index in [4.69, 9.17) is 23.2 Å². The smallest absolute Gasteiger partial charge is 0.242 e. The van der Waals surface area contributed by atoms with Crippen molar-refractivity contribution in [1.29, 1.82) is 0 Å². The fourth-order valence-electron chi connectivity index (χ4n) is 3.10. The van der Waals surface area contributed by atoms with Crippen LogP contribution in [0.15, 0.2) is 41.3 Å². The molecule has 1 amide bonds. The molecule has 160 valence electrons. The lowest BCUT2D eigenvalue weighted by Gasteiger charge is -2.11. The Morgan fingerprint density at radius 3 is 2.53 bits per heavy atom. The highest BCUT2D eigenvalue weighted by Crippen LogP contribution is 2.26. The van der Waals surface area contributed by atoms with E-state index in [1.165, 1.54) is 14.1 Å². The second-order valence-corrected chi connectivity index (χ2v) is 9.88. The molecule has 0 bridgehead atoms. The lowest BCUT2D eigenvalue weighted by atomic mass is 10.2. The highest BCUT2D eigenvalue weighted by molar-refractivity contribution is 7.89. The van der Waals surface area contributed by atoms with Gasteiger partial charge in [0.2, 0.25) is 15.9 Å². The second kappa shape index (κ2) is 8.93. The number of aromatic nitrogens is 2. The zero-order valence-electron chi connectivity index (χ0n) is 16.8. The molecule has 0 saturated carbocycles. The molecule has 1 aromatic heterocycles. The first-order valence-electron chi connectivity index (χ1n) is 9.30. The molecule has 7 nitrogen and oxygen atoms in total. The first kappa shape index (κ1) is 22.6. The van der Waals surface area contributed by atoms with Crippen LogP contribution in [0.1, 0.15) is 19.2 Å². The standard InChI is InChI=1S/C20H22Cl2N4O3S/c1-4-26-18-8-6-14(30(28,29)25(2)3)12-17(18)23-19(26)9-10-20(27)24-16-7-5-13(21)11-15(16)22/h5-8,11-12H,4,9-10H2,1-3H3,(H,24,27). The van der Waals surface area contributed by atoms with Gasteiger partial charge >= 0.3 is 0 Å². The van der Waals surface area contributed by atoms with Crippen LogP contribution in [-0.2, 0) is 27.8 Å². The van der Waals surface area contributed by atoms with Crippen LogP contribution in [0.25, 0.3) is 11.0 Å². The molecule has 0 fully saturated rings. The van der Waals surface area contributed by atoms with Crippen LogP contribution < -0.4 is 5.32 Å². The third-order valence-electron chi connectivity index (χ3n) is 4.67. The molecule has 0 spiro atoms. The summed E-state index contributed by atoms with van der Waals surface area (Å²) < 4.78 is 27.9. The van der Waals surface area contributed by atoms with Gasteiger partial charge in [-0.1, -0.05) is 23.2 Å². The lowest BCUT2D eigenvalue weighted by Crippen LogP contribution is -2.22. The van der Waals surface area contributed by atoms with Crippen molar-refractivity contribution in [2.75, 3.05) is 19.4 Å². The van der Waals surface area contributed by atoms with Gasteiger partial charge < -0.3 is 9.88 Å². The molecule has 0 aliphatic rings. The Bertz CT molecular complexity index is 1210. The predicted octanol–water partition coefficient (Wildman–Crippen LogP) is 4.18. The van der Waals surface area contributed by atoms with Gasteiger partial charge in [-0.15, -0.1) is 0 Å². The molecular formula is C20H22Cl2N4O3S. The van der Waals surface area contributed by atoms with E-state index < -0.39 is 10.0 Å². The summed E-state index contributed by atoms with van der Waals surface area (Å²) in [5, 5.41) is 3.63. The van der Waals surface area contributed by atoms with Crippen molar-refractivity contribution in [2.45, 2.75) is 31.2 Å². The molecule has 10 heteroatoms. The summed E-state index contributed by atoms with van der Waals surface area (Å²) >= 11 is 12.0. The molecule has 0 radical (unpaired) electrons. The second-order valence-electron chi connectivity index (χ2n) is 6.88. The molecule has 1 N–H and O–H groups in total. The Morgan fingerprint density at radius 2 is 1.90 bits per heavy atom. The van der Waals surface area contributed by atoms with Gasteiger partial charge in [0.1, 0.15) is 5.82 Å². The molecule has 0 aliphatic heterocycles. The van der Waals surface area contributed by atoms with Gasteiger partial charge in [-0.25, -0.2) is 17.7 Å². The summed E-state index contributed by atoms with van der Waals surface area (Å²) in [6.07, 6.45) is 0.598. The van der Waals surface area contributed by atoms with Gasteiger partial charge in [0.05, 0.1) is 26.6 Å². The van der Waals surface area contributed by atoms with E-state index in [1.807, 2.05) is 11.5 Å². The summed E-state index contributed by atoms with van der Waals surface area (Å²) in [5.41, 5.74) is 1.90. The zero-order valence-corrected chi connectivity index (χ0v) is 19.1. The number of anilines is 1. The van der Waals surface area contributed by atoms with E-state index in [0.29, 0.717) is 40.0 Å². The number of hydrogen-bond acceptors (Lipinski definition) is 4. The van der Waals surface area contributed by atoms with Gasteiger partial charge in [0.25, 0.3) is 0 Å². The SMILES string of the molecule is CCn1c(CCC(=O)Nc2ccc(Cl)cc2Cl)nc2cc(S(=O)(=O)N(C)C)ccc21. The maximum absolute atomic E-state index is 12.4. The number of fused-ring (bicyclic) bond motifs is 1. The maximum atomic E-state index is 12.4. The summed E-state index contributed by atoms with van der Waals surface area (Å²) in [4.78, 5) is 17.1. The molecule has 0 aliphatic carbocycles. The highest BCUT2D eigenvalue weighted by atomic mass is 35.5. The van der Waals surface area contributed by atoms with Crippen LogP contribution in [0.2, 0.25) is 10.0 Å². The number of sulfonamides is 1. The molecule has 0 saturated heterocycles. The third-order valence-corrected chi connectivity index (χ3v) is 7.03. The fourth-order valence-corrected chi connectivity index (χ4v) is 4.48. The number of carbonyl (C=O) groups excluding carboxylic acids is 1. The van der Waals surface area contributed by atoms with Gasteiger partial charge in [-0.2, -0.15) is 0 Å². The zero-order chi connectivity index (χ0) is 22.1. The van der Waals surface area contributed by atoms with Crippen molar-refractivity contribution >= 4 is 55.9 Å². The van der Waals surface area contributed by atoms with Crippen molar-refractivity contribution in [1.82, 2.24) is 13.9 Å². The van der Waals surface area contributed by atoms with Gasteiger partial charge in [0.15, 0.2) is 0 Å². The van der Waals surface area contributed by atoms with Crippen LogP contribution in [0.4, 0.5) is 5.69 Å². The number of nitrogens with zero attached hydrogens (tertiary/aromatic N) is 3. The average molecular weight is 469 g/mol. The Labute approximate surface area is 185 Å². The van der Waals surface area contributed by atoms with Crippen molar-refractivity contribution < 1.29 is 13.2 Å². The predicted molar refractivity (Wildman–Crippen MR) is 120 cm³/mol. The number of carbonyl (C=O) groups is 1. The molecule has 0 atom stereocenters. The monoisotopic (exact) mass is 468 g/mol.